The third kappa shape index (κ3) is 5.56. The molecule has 8 heteroatoms. The number of halogens is 1. The third-order valence-electron chi connectivity index (χ3n) is 3.44. The van der Waals surface area contributed by atoms with Crippen molar-refractivity contribution in [3.63, 3.8) is 0 Å². The monoisotopic (exact) mass is 376 g/mol. The molecule has 2 aromatic carbocycles. The predicted octanol–water partition coefficient (Wildman–Crippen LogP) is 2.51. The molecule has 0 aromatic heterocycles. The standard InChI is InChI=1S/C18H21ClN4O3/c1-25-14-5-3-4-12(10-14)17(24)21-8-9-22-18(20)23-13-6-7-16(26-2)15(19)11-13/h3-7,10-11H,8-9H2,1-2H3,(H,21,24)(H3,20,22,23). The zero-order chi connectivity index (χ0) is 18.9. The van der Waals surface area contributed by atoms with Gasteiger partial charge in [-0.1, -0.05) is 17.7 Å². The van der Waals surface area contributed by atoms with E-state index < -0.39 is 0 Å². The summed E-state index contributed by atoms with van der Waals surface area (Å²) < 4.78 is 10.2. The number of ether oxygens (including phenoxy) is 2. The molecule has 0 aliphatic rings. The number of guanidine groups is 1. The van der Waals surface area contributed by atoms with Gasteiger partial charge in [0.2, 0.25) is 0 Å². The van der Waals surface area contributed by atoms with E-state index in [0.717, 1.165) is 0 Å². The summed E-state index contributed by atoms with van der Waals surface area (Å²) in [4.78, 5) is 16.2. The number of hydrogen-bond acceptors (Lipinski definition) is 4. The van der Waals surface area contributed by atoms with Crippen molar-refractivity contribution in [1.82, 2.24) is 5.32 Å². The first-order chi connectivity index (χ1) is 12.5. The third-order valence-corrected chi connectivity index (χ3v) is 3.73. The van der Waals surface area contributed by atoms with E-state index >= 15 is 0 Å². The van der Waals surface area contributed by atoms with Gasteiger partial charge in [-0.25, -0.2) is 0 Å². The Morgan fingerprint density at radius 3 is 2.69 bits per heavy atom. The number of nitrogens with one attached hydrogen (secondary N) is 2. The number of nitrogens with two attached hydrogens (primary N) is 1. The second-order valence-electron chi connectivity index (χ2n) is 5.23. The van der Waals surface area contributed by atoms with E-state index in [4.69, 9.17) is 26.8 Å². The van der Waals surface area contributed by atoms with Gasteiger partial charge in [-0.3, -0.25) is 9.79 Å². The van der Waals surface area contributed by atoms with Gasteiger partial charge in [-0.05, 0) is 36.4 Å². The second-order valence-corrected chi connectivity index (χ2v) is 5.64. The number of carbonyl (C=O) groups is 1. The molecule has 7 nitrogen and oxygen atoms in total. The maximum absolute atomic E-state index is 12.1. The number of carbonyl (C=O) groups excluding carboxylic acids is 1. The van der Waals surface area contributed by atoms with Crippen molar-refractivity contribution in [2.24, 2.45) is 10.7 Å². The van der Waals surface area contributed by atoms with Crippen LogP contribution in [0.5, 0.6) is 11.5 Å². The summed E-state index contributed by atoms with van der Waals surface area (Å²) in [5.74, 6) is 1.23. The fourth-order valence-corrected chi connectivity index (χ4v) is 2.40. The number of rotatable bonds is 7. The van der Waals surface area contributed by atoms with Crippen LogP contribution < -0.4 is 25.8 Å². The Bertz CT molecular complexity index is 796. The lowest BCUT2D eigenvalue weighted by molar-refractivity contribution is 0.0954. The van der Waals surface area contributed by atoms with Crippen molar-refractivity contribution in [2.75, 3.05) is 32.6 Å². The van der Waals surface area contributed by atoms with Crippen LogP contribution in [0.25, 0.3) is 0 Å². The van der Waals surface area contributed by atoms with Gasteiger partial charge in [-0.2, -0.15) is 0 Å². The Labute approximate surface area is 157 Å². The lowest BCUT2D eigenvalue weighted by Gasteiger charge is -2.09. The van der Waals surface area contributed by atoms with Gasteiger partial charge in [0, 0.05) is 17.8 Å². The molecule has 0 fully saturated rings. The molecule has 0 saturated carbocycles. The average Bonchev–Trinajstić information content (AvgIpc) is 2.65. The fraction of sp³-hybridized carbons (Fsp3) is 0.222. The molecular weight excluding hydrogens is 356 g/mol. The number of nitrogens with zero attached hydrogens (tertiary/aromatic N) is 1. The summed E-state index contributed by atoms with van der Waals surface area (Å²) in [6.07, 6.45) is 0. The molecular formula is C18H21ClN4O3. The van der Waals surface area contributed by atoms with E-state index in [0.29, 0.717) is 40.9 Å². The minimum Gasteiger partial charge on any atom is -0.497 e. The molecule has 0 radical (unpaired) electrons. The van der Waals surface area contributed by atoms with Crippen molar-refractivity contribution in [3.05, 3.63) is 53.1 Å². The highest BCUT2D eigenvalue weighted by Crippen LogP contribution is 2.26. The maximum Gasteiger partial charge on any atom is 0.251 e. The van der Waals surface area contributed by atoms with Gasteiger partial charge in [0.25, 0.3) is 5.91 Å². The molecule has 2 rings (SSSR count). The summed E-state index contributed by atoms with van der Waals surface area (Å²) in [7, 11) is 3.10. The van der Waals surface area contributed by atoms with E-state index in [1.807, 2.05) is 0 Å². The van der Waals surface area contributed by atoms with Gasteiger partial charge in [0.05, 0.1) is 25.8 Å². The molecule has 0 unspecified atom stereocenters. The van der Waals surface area contributed by atoms with Crippen molar-refractivity contribution >= 4 is 29.2 Å². The first kappa shape index (κ1) is 19.4. The van der Waals surface area contributed by atoms with Crippen molar-refractivity contribution in [1.29, 1.82) is 0 Å². The molecule has 0 spiro atoms. The van der Waals surface area contributed by atoms with Crippen LogP contribution in [0.2, 0.25) is 5.02 Å². The van der Waals surface area contributed by atoms with Gasteiger partial charge >= 0.3 is 0 Å². The molecule has 4 N–H and O–H groups in total. The lowest BCUT2D eigenvalue weighted by atomic mass is 10.2. The largest absolute Gasteiger partial charge is 0.497 e. The fourth-order valence-electron chi connectivity index (χ4n) is 2.14. The highest BCUT2D eigenvalue weighted by molar-refractivity contribution is 6.32. The zero-order valence-electron chi connectivity index (χ0n) is 14.6. The Kier molecular flexibility index (Phi) is 7.11. The predicted molar refractivity (Wildman–Crippen MR) is 103 cm³/mol. The van der Waals surface area contributed by atoms with Gasteiger partial charge in [0.1, 0.15) is 11.5 Å². The molecule has 0 atom stereocenters. The quantitative estimate of drug-likeness (QED) is 0.392. The number of methoxy groups -OCH3 is 2. The van der Waals surface area contributed by atoms with Crippen LogP contribution in [0.15, 0.2) is 47.5 Å². The molecule has 0 saturated heterocycles. The minimum absolute atomic E-state index is 0.201. The normalized spacial score (nSPS) is 11.0. The Morgan fingerprint density at radius 1 is 1.19 bits per heavy atom. The van der Waals surface area contributed by atoms with E-state index in [1.54, 1.807) is 56.7 Å². The molecule has 2 aromatic rings. The lowest BCUT2D eigenvalue weighted by Crippen LogP contribution is -2.28. The topological polar surface area (TPSA) is 98.0 Å². The van der Waals surface area contributed by atoms with Gasteiger partial charge in [0.15, 0.2) is 5.96 Å². The Morgan fingerprint density at radius 2 is 2.00 bits per heavy atom. The molecule has 0 aliphatic carbocycles. The van der Waals surface area contributed by atoms with Crippen LogP contribution in [0.4, 0.5) is 5.69 Å². The number of anilines is 1. The van der Waals surface area contributed by atoms with Crippen molar-refractivity contribution in [2.45, 2.75) is 0 Å². The van der Waals surface area contributed by atoms with E-state index in [9.17, 15) is 4.79 Å². The number of hydrogen-bond donors (Lipinski definition) is 3. The van der Waals surface area contributed by atoms with Crippen LogP contribution in [-0.4, -0.2) is 39.2 Å². The molecule has 1 amide bonds. The summed E-state index contributed by atoms with van der Waals surface area (Å²) in [5, 5.41) is 6.17. The highest BCUT2D eigenvalue weighted by Gasteiger charge is 2.06. The Hall–Kier alpha value is -2.93. The Balaban J connectivity index is 1.82. The zero-order valence-corrected chi connectivity index (χ0v) is 15.3. The van der Waals surface area contributed by atoms with Crippen LogP contribution in [-0.2, 0) is 0 Å². The molecule has 0 aliphatic heterocycles. The smallest absolute Gasteiger partial charge is 0.251 e. The van der Waals surface area contributed by atoms with Gasteiger partial charge in [-0.15, -0.1) is 0 Å². The van der Waals surface area contributed by atoms with Crippen LogP contribution >= 0.6 is 11.6 Å². The summed E-state index contributed by atoms with van der Waals surface area (Å²) in [5.41, 5.74) is 7.04. The minimum atomic E-state index is -0.201. The SMILES string of the molecule is COc1cccc(C(=O)NCCN=C(N)Nc2ccc(OC)c(Cl)c2)c1. The first-order valence-corrected chi connectivity index (χ1v) is 8.24. The van der Waals surface area contributed by atoms with Crippen LogP contribution in [0.3, 0.4) is 0 Å². The molecule has 0 bridgehead atoms. The number of aliphatic imine (C=N–C) groups is 1. The molecule has 0 heterocycles. The average molecular weight is 377 g/mol. The number of benzene rings is 2. The second kappa shape index (κ2) is 9.53. The summed E-state index contributed by atoms with van der Waals surface area (Å²) in [6.45, 7) is 0.681. The molecule has 138 valence electrons. The summed E-state index contributed by atoms with van der Waals surface area (Å²) in [6, 6.07) is 12.1. The van der Waals surface area contributed by atoms with E-state index in [2.05, 4.69) is 15.6 Å². The van der Waals surface area contributed by atoms with Crippen LogP contribution in [0, 0.1) is 0 Å². The first-order valence-electron chi connectivity index (χ1n) is 7.86. The van der Waals surface area contributed by atoms with E-state index in [1.165, 1.54) is 0 Å². The van der Waals surface area contributed by atoms with Crippen molar-refractivity contribution in [3.8, 4) is 11.5 Å². The van der Waals surface area contributed by atoms with Gasteiger partial charge < -0.3 is 25.8 Å². The maximum atomic E-state index is 12.1. The number of amides is 1. The molecule has 26 heavy (non-hydrogen) atoms. The summed E-state index contributed by atoms with van der Waals surface area (Å²) >= 11 is 6.05. The van der Waals surface area contributed by atoms with Crippen LogP contribution in [0.1, 0.15) is 10.4 Å². The van der Waals surface area contributed by atoms with Crippen molar-refractivity contribution < 1.29 is 14.3 Å². The van der Waals surface area contributed by atoms with E-state index in [-0.39, 0.29) is 11.9 Å². The highest BCUT2D eigenvalue weighted by atomic mass is 35.5.